The van der Waals surface area contributed by atoms with Gasteiger partial charge in [0.1, 0.15) is 0 Å². The Hall–Kier alpha value is 0.567. The van der Waals surface area contributed by atoms with Crippen LogP contribution in [0.3, 0.4) is 0 Å². The fourth-order valence-electron chi connectivity index (χ4n) is 4.25. The molecule has 0 nitrogen and oxygen atoms in total. The first kappa shape index (κ1) is 14.6. The van der Waals surface area contributed by atoms with E-state index in [0.717, 1.165) is 21.5 Å². The van der Waals surface area contributed by atoms with Crippen molar-refractivity contribution in [1.82, 2.24) is 0 Å². The van der Waals surface area contributed by atoms with Gasteiger partial charge in [0.25, 0.3) is 0 Å². The van der Waals surface area contributed by atoms with E-state index in [2.05, 4.69) is 53.3 Å². The predicted molar refractivity (Wildman–Crippen MR) is 81.1 cm³/mol. The lowest BCUT2D eigenvalue weighted by Gasteiger charge is -2.50. The minimum absolute atomic E-state index is 0.933. The van der Waals surface area contributed by atoms with Crippen LogP contribution >= 0.6 is 11.8 Å². The Balaban J connectivity index is 2.99. The second-order valence-corrected chi connectivity index (χ2v) is 14.2. The van der Waals surface area contributed by atoms with Crippen LogP contribution in [0.25, 0.3) is 0 Å². The van der Waals surface area contributed by atoms with Gasteiger partial charge >= 0.3 is 0 Å². The lowest BCUT2D eigenvalue weighted by molar-refractivity contribution is 0.689. The second kappa shape index (κ2) is 5.95. The van der Waals surface area contributed by atoms with E-state index >= 15 is 0 Å². The Morgan fingerprint density at radius 3 is 1.69 bits per heavy atom. The number of hydrogen-bond donors (Lipinski definition) is 0. The van der Waals surface area contributed by atoms with Crippen molar-refractivity contribution in [2.75, 3.05) is 5.75 Å². The number of thioether (sulfide) groups is 1. The Morgan fingerprint density at radius 2 is 1.38 bits per heavy atom. The topological polar surface area (TPSA) is 0 Å². The highest BCUT2D eigenvalue weighted by Gasteiger charge is 2.49. The second-order valence-electron chi connectivity index (χ2n) is 6.32. The molecule has 1 atom stereocenters. The largest absolute Gasteiger partial charge is 0.162 e. The molecular formula is C14H30SSi. The van der Waals surface area contributed by atoms with Crippen molar-refractivity contribution in [3.63, 3.8) is 0 Å². The van der Waals surface area contributed by atoms with Gasteiger partial charge in [-0.1, -0.05) is 48.0 Å². The maximum Gasteiger partial charge on any atom is 0.0753 e. The number of hydrogen-bond acceptors (Lipinski definition) is 1. The number of rotatable bonds is 4. The zero-order valence-electron chi connectivity index (χ0n) is 12.0. The molecule has 0 aromatic heterocycles. The average molecular weight is 259 g/mol. The Kier molecular flexibility index (Phi) is 5.44. The van der Waals surface area contributed by atoms with Crippen LogP contribution in [0, 0.1) is 0 Å². The molecule has 1 rings (SSSR count). The van der Waals surface area contributed by atoms with Crippen molar-refractivity contribution in [2.45, 2.75) is 82.3 Å². The molecule has 0 aliphatic carbocycles. The first-order chi connectivity index (χ1) is 7.44. The van der Waals surface area contributed by atoms with Crippen LogP contribution in [0.4, 0.5) is 0 Å². The summed E-state index contributed by atoms with van der Waals surface area (Å²) < 4.78 is 0. The van der Waals surface area contributed by atoms with Gasteiger partial charge in [0.2, 0.25) is 0 Å². The molecule has 0 aromatic rings. The van der Waals surface area contributed by atoms with Crippen molar-refractivity contribution < 1.29 is 0 Å². The lowest BCUT2D eigenvalue weighted by atomic mass is 10.3. The van der Waals surface area contributed by atoms with Crippen LogP contribution in [-0.4, -0.2) is 18.7 Å². The lowest BCUT2D eigenvalue weighted by Crippen LogP contribution is -2.54. The van der Waals surface area contributed by atoms with Gasteiger partial charge in [-0.3, -0.25) is 0 Å². The molecule has 16 heavy (non-hydrogen) atoms. The third-order valence-corrected chi connectivity index (χ3v) is 15.0. The highest BCUT2D eigenvalue weighted by Crippen LogP contribution is 2.50. The normalized spacial score (nSPS) is 23.4. The quantitative estimate of drug-likeness (QED) is 0.601. The van der Waals surface area contributed by atoms with E-state index in [9.17, 15) is 0 Å². The summed E-state index contributed by atoms with van der Waals surface area (Å²) in [7, 11) is -1.16. The van der Waals surface area contributed by atoms with Crippen LogP contribution in [0.1, 0.15) is 60.8 Å². The zero-order chi connectivity index (χ0) is 12.3. The summed E-state index contributed by atoms with van der Waals surface area (Å²) in [6, 6.07) is 0. The molecule has 1 aliphatic heterocycles. The molecule has 1 unspecified atom stereocenters. The van der Waals surface area contributed by atoms with Crippen LogP contribution in [0.15, 0.2) is 0 Å². The summed E-state index contributed by atoms with van der Waals surface area (Å²) >= 11 is 2.32. The molecule has 1 aliphatic rings. The standard InChI is InChI=1S/C14H30SSi/c1-11(2)16(12(3)4,13(5)6)14-9-7-8-10-15-14/h11-14H,7-10H2,1-6H3. The summed E-state index contributed by atoms with van der Waals surface area (Å²) in [6.07, 6.45) is 4.45. The molecule has 0 radical (unpaired) electrons. The molecule has 1 heterocycles. The van der Waals surface area contributed by atoms with Crippen LogP contribution in [-0.2, 0) is 0 Å². The molecule has 0 bridgehead atoms. The van der Waals surface area contributed by atoms with Gasteiger partial charge in [-0.2, -0.15) is 11.8 Å². The van der Waals surface area contributed by atoms with Crippen molar-refractivity contribution >= 4 is 19.8 Å². The SMILES string of the molecule is CC(C)[Si](C(C)C)(C(C)C)C1CCCCS1. The minimum atomic E-state index is -1.16. The van der Waals surface area contributed by atoms with E-state index in [4.69, 9.17) is 0 Å². The van der Waals surface area contributed by atoms with E-state index in [0.29, 0.717) is 0 Å². The van der Waals surface area contributed by atoms with Crippen molar-refractivity contribution in [1.29, 1.82) is 0 Å². The third-order valence-electron chi connectivity index (χ3n) is 4.74. The highest BCUT2D eigenvalue weighted by atomic mass is 32.2. The minimum Gasteiger partial charge on any atom is -0.162 e. The zero-order valence-corrected chi connectivity index (χ0v) is 13.9. The van der Waals surface area contributed by atoms with E-state index in [1.165, 1.54) is 25.0 Å². The van der Waals surface area contributed by atoms with Gasteiger partial charge in [0.15, 0.2) is 0 Å². The predicted octanol–water partition coefficient (Wildman–Crippen LogP) is 5.49. The Morgan fingerprint density at radius 1 is 0.875 bits per heavy atom. The summed E-state index contributed by atoms with van der Waals surface area (Å²) in [5.41, 5.74) is 2.80. The fraction of sp³-hybridized carbons (Fsp3) is 1.00. The van der Waals surface area contributed by atoms with E-state index in [1.54, 1.807) is 0 Å². The third kappa shape index (κ3) is 2.53. The molecule has 1 saturated heterocycles. The van der Waals surface area contributed by atoms with Crippen molar-refractivity contribution in [3.05, 3.63) is 0 Å². The van der Waals surface area contributed by atoms with Gasteiger partial charge in [0.05, 0.1) is 8.07 Å². The average Bonchev–Trinajstić information content (AvgIpc) is 2.18. The monoisotopic (exact) mass is 258 g/mol. The van der Waals surface area contributed by atoms with E-state index in [-0.39, 0.29) is 0 Å². The van der Waals surface area contributed by atoms with Crippen molar-refractivity contribution in [3.8, 4) is 0 Å². The summed E-state index contributed by atoms with van der Waals surface area (Å²) in [5.74, 6) is 1.42. The summed E-state index contributed by atoms with van der Waals surface area (Å²) in [4.78, 5) is 1.03. The first-order valence-corrected chi connectivity index (χ1v) is 10.4. The molecule has 0 amide bonds. The smallest absolute Gasteiger partial charge is 0.0753 e. The van der Waals surface area contributed by atoms with E-state index < -0.39 is 8.07 Å². The maximum absolute atomic E-state index is 2.50. The van der Waals surface area contributed by atoms with Gasteiger partial charge in [-0.25, -0.2) is 0 Å². The summed E-state index contributed by atoms with van der Waals surface area (Å²) in [5, 5.41) is 0. The fourth-order valence-corrected chi connectivity index (χ4v) is 16.1. The molecule has 0 spiro atoms. The molecular weight excluding hydrogens is 228 g/mol. The van der Waals surface area contributed by atoms with Gasteiger partial charge in [-0.15, -0.1) is 0 Å². The first-order valence-electron chi connectivity index (χ1n) is 7.05. The summed E-state index contributed by atoms with van der Waals surface area (Å²) in [6.45, 7) is 15.0. The maximum atomic E-state index is 2.50. The Bertz CT molecular complexity index is 183. The van der Waals surface area contributed by atoms with Gasteiger partial charge < -0.3 is 0 Å². The Labute approximate surface area is 108 Å². The molecule has 1 fully saturated rings. The molecule has 0 aromatic carbocycles. The van der Waals surface area contributed by atoms with Gasteiger partial charge in [-0.05, 0) is 35.2 Å². The van der Waals surface area contributed by atoms with E-state index in [1.807, 2.05) is 0 Å². The van der Waals surface area contributed by atoms with Crippen LogP contribution in [0.2, 0.25) is 16.6 Å². The molecule has 2 heteroatoms. The van der Waals surface area contributed by atoms with Gasteiger partial charge in [0, 0.05) is 4.87 Å². The molecule has 96 valence electrons. The highest BCUT2D eigenvalue weighted by molar-refractivity contribution is 8.01. The molecule has 0 N–H and O–H groups in total. The van der Waals surface area contributed by atoms with Crippen molar-refractivity contribution in [2.24, 2.45) is 0 Å². The van der Waals surface area contributed by atoms with Crippen LogP contribution in [0.5, 0.6) is 0 Å². The van der Waals surface area contributed by atoms with Crippen LogP contribution < -0.4 is 0 Å². The molecule has 0 saturated carbocycles.